The minimum absolute atomic E-state index is 0.00460. The summed E-state index contributed by atoms with van der Waals surface area (Å²) in [6.45, 7) is 3.48. The molecule has 8 nitrogen and oxygen atoms in total. The number of nitrogens with zero attached hydrogens (tertiary/aromatic N) is 5. The van der Waals surface area contributed by atoms with Crippen molar-refractivity contribution in [2.45, 2.75) is 57.0 Å². The zero-order valence-electron chi connectivity index (χ0n) is 21.4. The number of hydrogen-bond donors (Lipinski definition) is 1. The Bertz CT molecular complexity index is 1360. The quantitative estimate of drug-likeness (QED) is 0.459. The maximum Gasteiger partial charge on any atom is 0.573 e. The zero-order valence-corrected chi connectivity index (χ0v) is 21.4. The van der Waals surface area contributed by atoms with Crippen molar-refractivity contribution in [1.29, 1.82) is 0 Å². The van der Waals surface area contributed by atoms with Gasteiger partial charge in [0, 0.05) is 48.6 Å². The van der Waals surface area contributed by atoms with E-state index in [4.69, 9.17) is 4.98 Å². The number of benzene rings is 1. The molecule has 1 N–H and O–H groups in total. The Kier molecular flexibility index (Phi) is 6.70. The summed E-state index contributed by atoms with van der Waals surface area (Å²) < 4.78 is 44.8. The van der Waals surface area contributed by atoms with Crippen molar-refractivity contribution in [3.05, 3.63) is 48.3 Å². The van der Waals surface area contributed by atoms with Crippen LogP contribution in [0, 0.1) is 0 Å². The molecule has 0 unspecified atom stereocenters. The van der Waals surface area contributed by atoms with Gasteiger partial charge in [0.15, 0.2) is 0 Å². The molecule has 4 heterocycles. The van der Waals surface area contributed by atoms with Crippen molar-refractivity contribution < 1.29 is 27.8 Å². The lowest BCUT2D eigenvalue weighted by Gasteiger charge is -2.36. The van der Waals surface area contributed by atoms with Crippen molar-refractivity contribution in [3.8, 4) is 34.3 Å². The summed E-state index contributed by atoms with van der Waals surface area (Å²) >= 11 is 0. The van der Waals surface area contributed by atoms with Crippen LogP contribution in [0.4, 0.5) is 13.2 Å². The van der Waals surface area contributed by atoms with Gasteiger partial charge in [-0.05, 0) is 69.8 Å². The molecule has 2 saturated heterocycles. The average Bonchev–Trinajstić information content (AvgIpc) is 3.44. The van der Waals surface area contributed by atoms with Gasteiger partial charge >= 0.3 is 6.36 Å². The normalized spacial score (nSPS) is 19.0. The van der Waals surface area contributed by atoms with Crippen LogP contribution in [0.1, 0.15) is 55.1 Å². The van der Waals surface area contributed by atoms with E-state index in [1.54, 1.807) is 12.1 Å². The Morgan fingerprint density at radius 3 is 2.36 bits per heavy atom. The average molecular weight is 542 g/mol. The summed E-state index contributed by atoms with van der Waals surface area (Å²) in [4.78, 5) is 27.2. The SMILES string of the molecule is O=C(c1c(-c2ccnc(O)c2)nc(-c2cccc(OC(F)(F)F)c2)n1C1CC1)N1CCC(N2CCCC2)CC1. The highest BCUT2D eigenvalue weighted by Crippen LogP contribution is 2.43. The Morgan fingerprint density at radius 2 is 1.69 bits per heavy atom. The Labute approximate surface area is 224 Å². The minimum atomic E-state index is -4.83. The summed E-state index contributed by atoms with van der Waals surface area (Å²) in [6, 6.07) is 9.26. The molecule has 1 saturated carbocycles. The smallest absolute Gasteiger partial charge is 0.493 e. The summed E-state index contributed by atoms with van der Waals surface area (Å²) in [5.74, 6) is -0.327. The number of rotatable bonds is 6. The molecular weight excluding hydrogens is 511 g/mol. The van der Waals surface area contributed by atoms with Crippen LogP contribution in [0.15, 0.2) is 42.6 Å². The van der Waals surface area contributed by atoms with E-state index in [1.165, 1.54) is 43.3 Å². The fourth-order valence-corrected chi connectivity index (χ4v) is 5.82. The van der Waals surface area contributed by atoms with E-state index < -0.39 is 6.36 Å². The van der Waals surface area contributed by atoms with Crippen molar-refractivity contribution in [2.24, 2.45) is 0 Å². The standard InChI is InChI=1S/C28H30F3N5O3/c29-28(30,31)39-22-5-3-4-19(16-22)26-33-24(18-8-11-32-23(37)17-18)25(36(26)21-6-7-21)27(38)35-14-9-20(10-15-35)34-12-1-2-13-34/h3-5,8,11,16-17,20-21H,1-2,6-7,9-10,12-15H2,(H,32,37). The van der Waals surface area contributed by atoms with Crippen LogP contribution in [-0.4, -0.2) is 73.9 Å². The number of likely N-dealkylation sites (tertiary alicyclic amines) is 2. The Hall–Kier alpha value is -3.60. The first-order valence-corrected chi connectivity index (χ1v) is 13.4. The van der Waals surface area contributed by atoms with Crippen molar-refractivity contribution in [1.82, 2.24) is 24.3 Å². The van der Waals surface area contributed by atoms with Gasteiger partial charge in [-0.1, -0.05) is 12.1 Å². The topological polar surface area (TPSA) is 83.7 Å². The van der Waals surface area contributed by atoms with E-state index in [0.717, 1.165) is 38.8 Å². The lowest BCUT2D eigenvalue weighted by atomic mass is 10.0. The number of halogens is 3. The van der Waals surface area contributed by atoms with Crippen LogP contribution in [0.2, 0.25) is 0 Å². The number of carbonyl (C=O) groups is 1. The zero-order chi connectivity index (χ0) is 27.1. The predicted octanol–water partition coefficient (Wildman–Crippen LogP) is 5.25. The summed E-state index contributed by atoms with van der Waals surface area (Å²) in [5.41, 5.74) is 1.69. The molecule has 2 aromatic heterocycles. The lowest BCUT2D eigenvalue weighted by molar-refractivity contribution is -0.274. The van der Waals surface area contributed by atoms with Crippen LogP contribution >= 0.6 is 0 Å². The molecule has 0 bridgehead atoms. The molecule has 11 heteroatoms. The van der Waals surface area contributed by atoms with E-state index in [2.05, 4.69) is 14.6 Å². The van der Waals surface area contributed by atoms with Crippen molar-refractivity contribution in [3.63, 3.8) is 0 Å². The number of carbonyl (C=O) groups excluding carboxylic acids is 1. The van der Waals surface area contributed by atoms with Crippen LogP contribution in [-0.2, 0) is 0 Å². The fraction of sp³-hybridized carbons (Fsp3) is 0.464. The largest absolute Gasteiger partial charge is 0.573 e. The van der Waals surface area contributed by atoms with Gasteiger partial charge in [0.05, 0.1) is 0 Å². The number of aromatic nitrogens is 3. The fourth-order valence-electron chi connectivity index (χ4n) is 5.82. The number of piperidine rings is 1. The molecule has 39 heavy (non-hydrogen) atoms. The third kappa shape index (κ3) is 5.45. The van der Waals surface area contributed by atoms with Gasteiger partial charge in [0.2, 0.25) is 5.88 Å². The summed E-state index contributed by atoms with van der Waals surface area (Å²) in [5, 5.41) is 10.1. The second kappa shape index (κ2) is 10.2. The number of pyridine rings is 1. The highest BCUT2D eigenvalue weighted by molar-refractivity contribution is 6.00. The number of imidazole rings is 1. The van der Waals surface area contributed by atoms with Crippen LogP contribution in [0.5, 0.6) is 11.6 Å². The summed E-state index contributed by atoms with van der Waals surface area (Å²) in [7, 11) is 0. The Balaban J connectivity index is 1.40. The van der Waals surface area contributed by atoms with E-state index >= 15 is 0 Å². The predicted molar refractivity (Wildman–Crippen MR) is 137 cm³/mol. The number of ether oxygens (including phenoxy) is 1. The van der Waals surface area contributed by atoms with Gasteiger partial charge < -0.3 is 24.2 Å². The molecule has 0 radical (unpaired) electrons. The molecule has 1 aromatic carbocycles. The highest BCUT2D eigenvalue weighted by Gasteiger charge is 2.38. The van der Waals surface area contributed by atoms with E-state index in [-0.39, 0.29) is 23.6 Å². The molecule has 1 aliphatic carbocycles. The van der Waals surface area contributed by atoms with Gasteiger partial charge in [-0.25, -0.2) is 9.97 Å². The van der Waals surface area contributed by atoms with Gasteiger partial charge in [-0.3, -0.25) is 4.79 Å². The number of hydrogen-bond acceptors (Lipinski definition) is 6. The number of amides is 1. The number of alkyl halides is 3. The van der Waals surface area contributed by atoms with Crippen LogP contribution in [0.3, 0.4) is 0 Å². The first-order chi connectivity index (χ1) is 18.8. The summed E-state index contributed by atoms with van der Waals surface area (Å²) in [6.07, 6.45) is 2.53. The molecule has 0 spiro atoms. The third-order valence-corrected chi connectivity index (χ3v) is 7.78. The van der Waals surface area contributed by atoms with E-state index in [1.807, 2.05) is 9.47 Å². The lowest BCUT2D eigenvalue weighted by Crippen LogP contribution is -2.46. The van der Waals surface area contributed by atoms with Gasteiger partial charge in [0.25, 0.3) is 5.91 Å². The van der Waals surface area contributed by atoms with Crippen LogP contribution in [0.25, 0.3) is 22.6 Å². The van der Waals surface area contributed by atoms with Crippen LogP contribution < -0.4 is 4.74 Å². The number of aromatic hydroxyl groups is 1. The molecule has 206 valence electrons. The molecule has 0 atom stereocenters. The first-order valence-electron chi connectivity index (χ1n) is 13.4. The van der Waals surface area contributed by atoms with Crippen molar-refractivity contribution >= 4 is 5.91 Å². The maximum absolute atomic E-state index is 14.2. The van der Waals surface area contributed by atoms with E-state index in [9.17, 15) is 23.1 Å². The highest BCUT2D eigenvalue weighted by atomic mass is 19.4. The maximum atomic E-state index is 14.2. The van der Waals surface area contributed by atoms with Crippen molar-refractivity contribution in [2.75, 3.05) is 26.2 Å². The molecule has 1 amide bonds. The molecular formula is C28H30F3N5O3. The third-order valence-electron chi connectivity index (χ3n) is 7.78. The Morgan fingerprint density at radius 1 is 0.949 bits per heavy atom. The molecule has 3 aromatic rings. The molecule has 6 rings (SSSR count). The van der Waals surface area contributed by atoms with E-state index in [0.29, 0.717) is 47.5 Å². The monoisotopic (exact) mass is 541 g/mol. The molecule has 3 aliphatic rings. The molecule has 3 fully saturated rings. The minimum Gasteiger partial charge on any atom is -0.493 e. The second-order valence-corrected chi connectivity index (χ2v) is 10.5. The molecule has 2 aliphatic heterocycles. The van der Waals surface area contributed by atoms with Gasteiger partial charge in [0.1, 0.15) is 23.0 Å². The second-order valence-electron chi connectivity index (χ2n) is 10.5. The van der Waals surface area contributed by atoms with Gasteiger partial charge in [-0.15, -0.1) is 13.2 Å². The van der Waals surface area contributed by atoms with Gasteiger partial charge in [-0.2, -0.15) is 0 Å². The first kappa shape index (κ1) is 25.7.